The Morgan fingerprint density at radius 3 is 3.05 bits per heavy atom. The van der Waals surface area contributed by atoms with Gasteiger partial charge in [0.1, 0.15) is 0 Å². The summed E-state index contributed by atoms with van der Waals surface area (Å²) in [5.41, 5.74) is 1.22. The molecule has 2 fully saturated rings. The zero-order valence-electron chi connectivity index (χ0n) is 11.5. The Morgan fingerprint density at radius 2 is 2.30 bits per heavy atom. The Morgan fingerprint density at radius 1 is 1.50 bits per heavy atom. The molecule has 2 N–H and O–H groups in total. The summed E-state index contributed by atoms with van der Waals surface area (Å²) in [6, 6.07) is 3.21. The van der Waals surface area contributed by atoms with Crippen LogP contribution >= 0.6 is 0 Å². The van der Waals surface area contributed by atoms with Crippen LogP contribution in [0, 0.1) is 5.92 Å². The predicted molar refractivity (Wildman–Crippen MR) is 73.8 cm³/mol. The van der Waals surface area contributed by atoms with E-state index in [1.165, 1.54) is 6.07 Å². The highest BCUT2D eigenvalue weighted by Gasteiger charge is 2.41. The lowest BCUT2D eigenvalue weighted by Crippen LogP contribution is -2.41. The predicted octanol–water partition coefficient (Wildman–Crippen LogP) is 1.48. The summed E-state index contributed by atoms with van der Waals surface area (Å²) in [6.45, 7) is 2.82. The van der Waals surface area contributed by atoms with E-state index in [0.29, 0.717) is 11.5 Å². The number of aromatic nitrogens is 1. The highest BCUT2D eigenvalue weighted by atomic mass is 16.5. The number of hydrogen-bond acceptors (Lipinski definition) is 4. The van der Waals surface area contributed by atoms with Crippen LogP contribution in [0.25, 0.3) is 0 Å². The van der Waals surface area contributed by atoms with E-state index in [2.05, 4.69) is 10.3 Å². The number of carboxylic acid groups (broad SMARTS) is 1. The highest BCUT2D eigenvalue weighted by molar-refractivity contribution is 5.87. The molecule has 0 unspecified atom stereocenters. The second kappa shape index (κ2) is 5.50. The van der Waals surface area contributed by atoms with Gasteiger partial charge in [-0.15, -0.1) is 0 Å². The number of carboxylic acids is 1. The van der Waals surface area contributed by atoms with Gasteiger partial charge in [0.25, 0.3) is 0 Å². The molecule has 1 aromatic heterocycles. The normalized spacial score (nSPS) is 24.9. The lowest BCUT2D eigenvalue weighted by Gasteiger charge is -2.33. The molecule has 0 saturated carbocycles. The van der Waals surface area contributed by atoms with E-state index in [9.17, 15) is 4.79 Å². The van der Waals surface area contributed by atoms with Gasteiger partial charge >= 0.3 is 5.97 Å². The monoisotopic (exact) mass is 276 g/mol. The fourth-order valence-corrected chi connectivity index (χ4v) is 3.32. The van der Waals surface area contributed by atoms with Crippen LogP contribution < -0.4 is 5.32 Å². The van der Waals surface area contributed by atoms with E-state index in [-0.39, 0.29) is 5.60 Å². The van der Waals surface area contributed by atoms with Gasteiger partial charge < -0.3 is 15.2 Å². The Labute approximate surface area is 118 Å². The van der Waals surface area contributed by atoms with Crippen molar-refractivity contribution in [2.24, 2.45) is 5.92 Å². The van der Waals surface area contributed by atoms with E-state index in [0.717, 1.165) is 51.1 Å². The molecule has 2 aliphatic rings. The highest BCUT2D eigenvalue weighted by Crippen LogP contribution is 2.38. The van der Waals surface area contributed by atoms with Gasteiger partial charge in [-0.05, 0) is 56.8 Å². The second-order valence-corrected chi connectivity index (χ2v) is 5.86. The fourth-order valence-electron chi connectivity index (χ4n) is 3.32. The molecule has 3 heterocycles. The Kier molecular flexibility index (Phi) is 3.72. The summed E-state index contributed by atoms with van der Waals surface area (Å²) in [4.78, 5) is 15.3. The van der Waals surface area contributed by atoms with Crippen LogP contribution in [0.3, 0.4) is 0 Å². The molecule has 0 aliphatic carbocycles. The number of pyridine rings is 1. The summed E-state index contributed by atoms with van der Waals surface area (Å²) in [5.74, 6) is -0.448. The maximum atomic E-state index is 11.0. The van der Waals surface area contributed by atoms with Crippen molar-refractivity contribution in [1.82, 2.24) is 10.3 Å². The van der Waals surface area contributed by atoms with Crippen molar-refractivity contribution in [3.8, 4) is 0 Å². The van der Waals surface area contributed by atoms with Crippen molar-refractivity contribution in [2.75, 3.05) is 19.7 Å². The standard InChI is InChI=1S/C15H20N2O3/c18-14(19)12-1-4-17-13(8-12)7-11-9-15(20-10-11)2-5-16-6-3-15/h1,4,8,11,16H,2-3,5-7,9-10H2,(H,18,19)/t11-/m0/s1. The first-order valence-corrected chi connectivity index (χ1v) is 7.20. The van der Waals surface area contributed by atoms with Gasteiger partial charge in [-0.1, -0.05) is 0 Å². The summed E-state index contributed by atoms with van der Waals surface area (Å²) in [7, 11) is 0. The van der Waals surface area contributed by atoms with Crippen LogP contribution in [-0.4, -0.2) is 41.4 Å². The van der Waals surface area contributed by atoms with Crippen LogP contribution in [0.4, 0.5) is 0 Å². The summed E-state index contributed by atoms with van der Waals surface area (Å²) < 4.78 is 6.06. The first kappa shape index (κ1) is 13.5. The number of carbonyl (C=O) groups is 1. The van der Waals surface area contributed by atoms with E-state index in [4.69, 9.17) is 9.84 Å². The van der Waals surface area contributed by atoms with Crippen molar-refractivity contribution < 1.29 is 14.6 Å². The zero-order chi connectivity index (χ0) is 14.0. The Balaban J connectivity index is 1.64. The number of nitrogens with zero attached hydrogens (tertiary/aromatic N) is 1. The third kappa shape index (κ3) is 2.83. The SMILES string of the molecule is O=C(O)c1ccnc(C[C@@H]2COC3(CCNCC3)C2)c1. The average molecular weight is 276 g/mol. The summed E-state index contributed by atoms with van der Waals surface area (Å²) in [5, 5.41) is 12.4. The lowest BCUT2D eigenvalue weighted by atomic mass is 9.84. The molecule has 1 spiro atoms. The molecule has 1 atom stereocenters. The summed E-state index contributed by atoms with van der Waals surface area (Å²) in [6.07, 6.45) is 5.59. The molecule has 5 heteroatoms. The topological polar surface area (TPSA) is 71.5 Å². The average Bonchev–Trinajstić information content (AvgIpc) is 2.82. The van der Waals surface area contributed by atoms with Gasteiger partial charge in [0, 0.05) is 11.9 Å². The van der Waals surface area contributed by atoms with E-state index in [1.807, 2.05) is 0 Å². The Hall–Kier alpha value is -1.46. The minimum Gasteiger partial charge on any atom is -0.478 e. The van der Waals surface area contributed by atoms with Crippen LogP contribution in [0.5, 0.6) is 0 Å². The minimum absolute atomic E-state index is 0.0559. The van der Waals surface area contributed by atoms with Crippen LogP contribution in [0.15, 0.2) is 18.3 Å². The third-order valence-electron chi connectivity index (χ3n) is 4.36. The molecule has 20 heavy (non-hydrogen) atoms. The van der Waals surface area contributed by atoms with Crippen molar-refractivity contribution in [3.63, 3.8) is 0 Å². The van der Waals surface area contributed by atoms with Gasteiger partial charge in [-0.25, -0.2) is 4.79 Å². The van der Waals surface area contributed by atoms with Crippen LogP contribution in [0.2, 0.25) is 0 Å². The van der Waals surface area contributed by atoms with Crippen molar-refractivity contribution in [2.45, 2.75) is 31.3 Å². The number of aromatic carboxylic acids is 1. The molecular formula is C15H20N2O3. The molecule has 3 rings (SSSR count). The van der Waals surface area contributed by atoms with Crippen LogP contribution in [-0.2, 0) is 11.2 Å². The number of hydrogen-bond donors (Lipinski definition) is 2. The van der Waals surface area contributed by atoms with Gasteiger partial charge in [0.2, 0.25) is 0 Å². The maximum Gasteiger partial charge on any atom is 0.335 e. The quantitative estimate of drug-likeness (QED) is 0.875. The van der Waals surface area contributed by atoms with Crippen molar-refractivity contribution >= 4 is 5.97 Å². The number of piperidine rings is 1. The van der Waals surface area contributed by atoms with Crippen molar-refractivity contribution in [1.29, 1.82) is 0 Å². The molecule has 2 saturated heterocycles. The summed E-state index contributed by atoms with van der Waals surface area (Å²) >= 11 is 0. The lowest BCUT2D eigenvalue weighted by molar-refractivity contribution is -0.0196. The van der Waals surface area contributed by atoms with Gasteiger partial charge in [-0.2, -0.15) is 0 Å². The van der Waals surface area contributed by atoms with Gasteiger partial charge in [0.15, 0.2) is 0 Å². The first-order valence-electron chi connectivity index (χ1n) is 7.20. The van der Waals surface area contributed by atoms with E-state index < -0.39 is 5.97 Å². The molecule has 0 radical (unpaired) electrons. The fraction of sp³-hybridized carbons (Fsp3) is 0.600. The molecule has 2 aliphatic heterocycles. The van der Waals surface area contributed by atoms with Gasteiger partial charge in [-0.3, -0.25) is 4.98 Å². The number of rotatable bonds is 3. The Bertz CT molecular complexity index is 498. The van der Waals surface area contributed by atoms with E-state index in [1.54, 1.807) is 12.3 Å². The number of ether oxygens (including phenoxy) is 1. The van der Waals surface area contributed by atoms with Crippen molar-refractivity contribution in [3.05, 3.63) is 29.6 Å². The van der Waals surface area contributed by atoms with E-state index >= 15 is 0 Å². The second-order valence-electron chi connectivity index (χ2n) is 5.86. The van der Waals surface area contributed by atoms with Crippen LogP contribution in [0.1, 0.15) is 35.3 Å². The minimum atomic E-state index is -0.897. The molecule has 0 aromatic carbocycles. The molecule has 108 valence electrons. The smallest absolute Gasteiger partial charge is 0.335 e. The zero-order valence-corrected chi connectivity index (χ0v) is 11.5. The molecule has 0 bridgehead atoms. The maximum absolute atomic E-state index is 11.0. The first-order chi connectivity index (χ1) is 9.67. The molecule has 0 amide bonds. The molecular weight excluding hydrogens is 256 g/mol. The third-order valence-corrected chi connectivity index (χ3v) is 4.36. The molecule has 1 aromatic rings. The molecule has 5 nitrogen and oxygen atoms in total. The van der Waals surface area contributed by atoms with Gasteiger partial charge in [0.05, 0.1) is 17.8 Å². The largest absolute Gasteiger partial charge is 0.478 e. The number of nitrogens with one attached hydrogen (secondary N) is 1.